The Balaban J connectivity index is 2.45. The first-order valence-electron chi connectivity index (χ1n) is 6.52. The van der Waals surface area contributed by atoms with Crippen LogP contribution < -0.4 is 5.32 Å². The maximum absolute atomic E-state index is 10.7. The van der Waals surface area contributed by atoms with E-state index in [4.69, 9.17) is 5.11 Å². The number of nitrogens with one attached hydrogen (secondary N) is 1. The minimum absolute atomic E-state index is 0.0240. The summed E-state index contributed by atoms with van der Waals surface area (Å²) in [6.07, 6.45) is 0.657. The number of hydrogen-bond donors (Lipinski definition) is 2. The summed E-state index contributed by atoms with van der Waals surface area (Å²) in [4.78, 5) is 10.7. The second kappa shape index (κ2) is 7.06. The van der Waals surface area contributed by atoms with Crippen molar-refractivity contribution in [2.24, 2.45) is 5.92 Å². The molecule has 0 fully saturated rings. The molecule has 0 aliphatic rings. The molecule has 0 bridgehead atoms. The number of benzene rings is 1. The number of carboxylic acids is 1. The first-order valence-corrected chi connectivity index (χ1v) is 7.32. The van der Waals surface area contributed by atoms with Crippen molar-refractivity contribution >= 4 is 21.9 Å². The minimum atomic E-state index is -0.729. The Hall–Kier alpha value is -0.870. The highest BCUT2D eigenvalue weighted by Crippen LogP contribution is 2.25. The van der Waals surface area contributed by atoms with E-state index in [0.29, 0.717) is 6.42 Å². The van der Waals surface area contributed by atoms with Crippen LogP contribution in [0.2, 0.25) is 0 Å². The van der Waals surface area contributed by atoms with Crippen molar-refractivity contribution in [1.29, 1.82) is 0 Å². The molecule has 2 N–H and O–H groups in total. The largest absolute Gasteiger partial charge is 0.481 e. The molecule has 0 radical (unpaired) electrons. The van der Waals surface area contributed by atoms with Crippen LogP contribution in [0.4, 0.5) is 0 Å². The summed E-state index contributed by atoms with van der Waals surface area (Å²) in [7, 11) is 0. The van der Waals surface area contributed by atoms with Crippen molar-refractivity contribution in [3.05, 3.63) is 34.3 Å². The Bertz CT molecular complexity index is 432. The number of aliphatic carboxylic acids is 1. The third-order valence-corrected chi connectivity index (χ3v) is 3.84. The lowest BCUT2D eigenvalue weighted by molar-refractivity contribution is -0.141. The molecule has 0 heterocycles. The molecule has 19 heavy (non-hydrogen) atoms. The summed E-state index contributed by atoms with van der Waals surface area (Å²) in [6, 6.07) is 8.29. The fourth-order valence-electron chi connectivity index (χ4n) is 1.85. The van der Waals surface area contributed by atoms with Crippen LogP contribution in [0.5, 0.6) is 0 Å². The maximum Gasteiger partial charge on any atom is 0.306 e. The second-order valence-corrected chi connectivity index (χ2v) is 6.51. The molecule has 0 aliphatic carbocycles. The van der Waals surface area contributed by atoms with Gasteiger partial charge in [-0.05, 0) is 30.7 Å². The van der Waals surface area contributed by atoms with Gasteiger partial charge in [0.05, 0.1) is 5.92 Å². The van der Waals surface area contributed by atoms with Crippen LogP contribution in [-0.2, 0) is 10.2 Å². The Morgan fingerprint density at radius 2 is 2.16 bits per heavy atom. The van der Waals surface area contributed by atoms with Gasteiger partial charge in [0.2, 0.25) is 0 Å². The van der Waals surface area contributed by atoms with Crippen LogP contribution >= 0.6 is 15.9 Å². The molecule has 106 valence electrons. The Morgan fingerprint density at radius 3 is 2.74 bits per heavy atom. The van der Waals surface area contributed by atoms with Gasteiger partial charge in [-0.15, -0.1) is 0 Å². The lowest BCUT2D eigenvalue weighted by Gasteiger charge is -2.26. The van der Waals surface area contributed by atoms with Crippen molar-refractivity contribution in [1.82, 2.24) is 5.32 Å². The van der Waals surface area contributed by atoms with Gasteiger partial charge in [-0.1, -0.05) is 48.8 Å². The van der Waals surface area contributed by atoms with E-state index in [1.165, 1.54) is 5.56 Å². The van der Waals surface area contributed by atoms with Crippen LogP contribution in [0, 0.1) is 5.92 Å². The Morgan fingerprint density at radius 1 is 1.47 bits per heavy atom. The van der Waals surface area contributed by atoms with Crippen LogP contribution in [0.15, 0.2) is 28.7 Å². The number of rotatable bonds is 7. The van der Waals surface area contributed by atoms with Gasteiger partial charge in [0, 0.05) is 16.4 Å². The number of carboxylic acid groups (broad SMARTS) is 1. The molecule has 1 atom stereocenters. The van der Waals surface area contributed by atoms with E-state index in [1.807, 2.05) is 12.1 Å². The van der Waals surface area contributed by atoms with Gasteiger partial charge >= 0.3 is 5.97 Å². The van der Waals surface area contributed by atoms with Gasteiger partial charge in [-0.25, -0.2) is 0 Å². The SMILES string of the molecule is CC(CCNCC(C)(C)c1cccc(Br)c1)C(=O)O. The third kappa shape index (κ3) is 5.33. The lowest BCUT2D eigenvalue weighted by Crippen LogP contribution is -2.34. The van der Waals surface area contributed by atoms with Crippen LogP contribution in [0.25, 0.3) is 0 Å². The predicted octanol–water partition coefficient (Wildman–Crippen LogP) is 3.43. The highest BCUT2D eigenvalue weighted by Gasteiger charge is 2.20. The van der Waals surface area contributed by atoms with Gasteiger partial charge in [0.25, 0.3) is 0 Å². The summed E-state index contributed by atoms with van der Waals surface area (Å²) in [6.45, 7) is 7.66. The predicted molar refractivity (Wildman–Crippen MR) is 81.5 cm³/mol. The van der Waals surface area contributed by atoms with Crippen molar-refractivity contribution in [3.63, 3.8) is 0 Å². The standard InChI is InChI=1S/C15H22BrNO2/c1-11(14(18)19)7-8-17-10-15(2,3)12-5-4-6-13(16)9-12/h4-6,9,11,17H,7-8,10H2,1-3H3,(H,18,19). The molecular formula is C15H22BrNO2. The summed E-state index contributed by atoms with van der Waals surface area (Å²) in [5.74, 6) is -1.02. The molecule has 3 nitrogen and oxygen atoms in total. The molecule has 1 unspecified atom stereocenters. The first kappa shape index (κ1) is 16.2. The zero-order valence-corrected chi connectivity index (χ0v) is 13.3. The van der Waals surface area contributed by atoms with E-state index < -0.39 is 5.97 Å². The molecule has 0 aliphatic heterocycles. The molecule has 0 saturated carbocycles. The van der Waals surface area contributed by atoms with Crippen molar-refractivity contribution in [2.45, 2.75) is 32.6 Å². The van der Waals surface area contributed by atoms with E-state index in [-0.39, 0.29) is 11.3 Å². The normalized spacial score (nSPS) is 13.3. The third-order valence-electron chi connectivity index (χ3n) is 3.35. The molecule has 1 aromatic rings. The zero-order chi connectivity index (χ0) is 14.5. The minimum Gasteiger partial charge on any atom is -0.481 e. The molecule has 0 saturated heterocycles. The lowest BCUT2D eigenvalue weighted by atomic mass is 9.84. The molecular weight excluding hydrogens is 306 g/mol. The fourth-order valence-corrected chi connectivity index (χ4v) is 2.25. The molecule has 1 aromatic carbocycles. The zero-order valence-electron chi connectivity index (χ0n) is 11.7. The quantitative estimate of drug-likeness (QED) is 0.754. The number of carbonyl (C=O) groups is 1. The smallest absolute Gasteiger partial charge is 0.306 e. The van der Waals surface area contributed by atoms with Gasteiger partial charge < -0.3 is 10.4 Å². The van der Waals surface area contributed by atoms with Crippen LogP contribution in [-0.4, -0.2) is 24.2 Å². The van der Waals surface area contributed by atoms with Crippen molar-refractivity contribution in [3.8, 4) is 0 Å². The monoisotopic (exact) mass is 327 g/mol. The number of hydrogen-bond acceptors (Lipinski definition) is 2. The molecule has 4 heteroatoms. The van der Waals surface area contributed by atoms with E-state index >= 15 is 0 Å². The average Bonchev–Trinajstić information content (AvgIpc) is 2.34. The molecule has 0 amide bonds. The van der Waals surface area contributed by atoms with Gasteiger partial charge in [0.15, 0.2) is 0 Å². The van der Waals surface area contributed by atoms with E-state index in [2.05, 4.69) is 47.2 Å². The fraction of sp³-hybridized carbons (Fsp3) is 0.533. The van der Waals surface area contributed by atoms with E-state index in [1.54, 1.807) is 6.92 Å². The van der Waals surface area contributed by atoms with Crippen LogP contribution in [0.3, 0.4) is 0 Å². The molecule has 0 spiro atoms. The van der Waals surface area contributed by atoms with Crippen molar-refractivity contribution in [2.75, 3.05) is 13.1 Å². The maximum atomic E-state index is 10.7. The second-order valence-electron chi connectivity index (χ2n) is 5.60. The summed E-state index contributed by atoms with van der Waals surface area (Å²) >= 11 is 3.49. The first-order chi connectivity index (χ1) is 8.83. The van der Waals surface area contributed by atoms with Gasteiger partial charge in [-0.3, -0.25) is 4.79 Å². The summed E-state index contributed by atoms with van der Waals surface area (Å²) in [5.41, 5.74) is 1.29. The van der Waals surface area contributed by atoms with E-state index in [9.17, 15) is 4.79 Å². The highest BCUT2D eigenvalue weighted by molar-refractivity contribution is 9.10. The van der Waals surface area contributed by atoms with E-state index in [0.717, 1.165) is 17.6 Å². The van der Waals surface area contributed by atoms with Crippen LogP contribution in [0.1, 0.15) is 32.8 Å². The highest BCUT2D eigenvalue weighted by atomic mass is 79.9. The van der Waals surface area contributed by atoms with Gasteiger partial charge in [-0.2, -0.15) is 0 Å². The van der Waals surface area contributed by atoms with Gasteiger partial charge in [0.1, 0.15) is 0 Å². The summed E-state index contributed by atoms with van der Waals surface area (Å²) in [5, 5.41) is 12.2. The van der Waals surface area contributed by atoms with Crippen molar-refractivity contribution < 1.29 is 9.90 Å². The molecule has 1 rings (SSSR count). The number of halogens is 1. The topological polar surface area (TPSA) is 49.3 Å². The Labute approximate surface area is 123 Å². The molecule has 0 aromatic heterocycles. The Kier molecular flexibility index (Phi) is 6.01. The average molecular weight is 328 g/mol. The summed E-state index contributed by atoms with van der Waals surface area (Å²) < 4.78 is 1.08.